The number of hydrogen-bond donors (Lipinski definition) is 0. The lowest BCUT2D eigenvalue weighted by Crippen LogP contribution is -2.60. The number of likely N-dealkylation sites (N-methyl/N-ethyl adjacent to an activating group) is 2. The van der Waals surface area contributed by atoms with Crippen LogP contribution in [0.2, 0.25) is 0 Å². The lowest BCUT2D eigenvalue weighted by atomic mass is 9.66. The van der Waals surface area contributed by atoms with Gasteiger partial charge in [0.1, 0.15) is 0 Å². The maximum absolute atomic E-state index is 2.62. The van der Waals surface area contributed by atoms with Crippen molar-refractivity contribution in [1.29, 1.82) is 0 Å². The fourth-order valence-corrected chi connectivity index (χ4v) is 4.97. The Hall–Kier alpha value is -2.42. The zero-order valence-electron chi connectivity index (χ0n) is 19.0. The van der Waals surface area contributed by atoms with Crippen molar-refractivity contribution < 1.29 is 0 Å². The molecule has 0 unspecified atom stereocenters. The van der Waals surface area contributed by atoms with Crippen LogP contribution >= 0.6 is 0 Å². The summed E-state index contributed by atoms with van der Waals surface area (Å²) in [6.07, 6.45) is 0.203. The van der Waals surface area contributed by atoms with Crippen molar-refractivity contribution >= 4 is 0 Å². The average Bonchev–Trinajstić information content (AvgIpc) is 2.83. The Kier molecular flexibility index (Phi) is 7.84. The van der Waals surface area contributed by atoms with Gasteiger partial charge < -0.3 is 0 Å². The van der Waals surface area contributed by atoms with Crippen molar-refractivity contribution in [2.24, 2.45) is 0 Å². The molecule has 0 saturated heterocycles. The van der Waals surface area contributed by atoms with Crippen LogP contribution in [-0.2, 0) is 5.41 Å². The molecule has 0 radical (unpaired) electrons. The zero-order valence-corrected chi connectivity index (χ0v) is 19.0. The first-order valence-electron chi connectivity index (χ1n) is 11.4. The lowest BCUT2D eigenvalue weighted by molar-refractivity contribution is 0.0201. The monoisotopic (exact) mass is 400 g/mol. The highest BCUT2D eigenvalue weighted by molar-refractivity contribution is 5.52. The summed E-state index contributed by atoms with van der Waals surface area (Å²) in [6.45, 7) is 13.2. The van der Waals surface area contributed by atoms with Crippen LogP contribution in [0.3, 0.4) is 0 Å². The second-order valence-corrected chi connectivity index (χ2v) is 7.72. The third-order valence-electron chi connectivity index (χ3n) is 6.39. The smallest absolute Gasteiger partial charge is 0.0805 e. The third-order valence-corrected chi connectivity index (χ3v) is 6.39. The van der Waals surface area contributed by atoms with Crippen LogP contribution < -0.4 is 0 Å². The van der Waals surface area contributed by atoms with Crippen LogP contribution in [0, 0.1) is 0 Å². The van der Waals surface area contributed by atoms with E-state index < -0.39 is 0 Å². The highest BCUT2D eigenvalue weighted by Gasteiger charge is 2.47. The number of hydrogen-bond acceptors (Lipinski definition) is 2. The van der Waals surface area contributed by atoms with Crippen molar-refractivity contribution in [3.8, 4) is 0 Å². The van der Waals surface area contributed by atoms with E-state index >= 15 is 0 Å². The van der Waals surface area contributed by atoms with E-state index in [2.05, 4.69) is 128 Å². The fraction of sp³-hybridized carbons (Fsp3) is 0.357. The summed E-state index contributed by atoms with van der Waals surface area (Å²) in [7, 11) is 0. The summed E-state index contributed by atoms with van der Waals surface area (Å²) in [4.78, 5) is 5.25. The molecule has 158 valence electrons. The van der Waals surface area contributed by atoms with E-state index in [1.54, 1.807) is 0 Å². The molecule has 0 heterocycles. The topological polar surface area (TPSA) is 6.48 Å². The molecule has 0 saturated carbocycles. The Bertz CT molecular complexity index is 744. The van der Waals surface area contributed by atoms with E-state index in [4.69, 9.17) is 0 Å². The molecular weight excluding hydrogens is 364 g/mol. The summed E-state index contributed by atoms with van der Waals surface area (Å²) < 4.78 is 0. The van der Waals surface area contributed by atoms with Gasteiger partial charge in [-0.2, -0.15) is 0 Å². The van der Waals surface area contributed by atoms with E-state index in [0.717, 1.165) is 26.2 Å². The van der Waals surface area contributed by atoms with Gasteiger partial charge in [0.15, 0.2) is 0 Å². The highest BCUT2D eigenvalue weighted by atomic mass is 15.4. The van der Waals surface area contributed by atoms with Crippen LogP contribution in [0.1, 0.15) is 44.4 Å². The van der Waals surface area contributed by atoms with Gasteiger partial charge in [0.2, 0.25) is 0 Å². The Labute approximate surface area is 183 Å². The second kappa shape index (κ2) is 10.6. The molecule has 2 heteroatoms. The van der Waals surface area contributed by atoms with Crippen LogP contribution in [0.4, 0.5) is 0 Å². The molecule has 0 amide bonds. The maximum Gasteiger partial charge on any atom is 0.0805 e. The minimum atomic E-state index is -0.304. The molecule has 0 bridgehead atoms. The number of nitrogens with zero attached hydrogens (tertiary/aromatic N) is 2. The SMILES string of the molecule is CCN(CC)C(N(CC)CC)C(c1ccccc1)(c1ccccc1)c1ccccc1. The predicted molar refractivity (Wildman–Crippen MR) is 129 cm³/mol. The lowest BCUT2D eigenvalue weighted by Gasteiger charge is -2.51. The van der Waals surface area contributed by atoms with Gasteiger partial charge in [0.25, 0.3) is 0 Å². The van der Waals surface area contributed by atoms with Crippen molar-refractivity contribution in [3.63, 3.8) is 0 Å². The number of benzene rings is 3. The molecule has 0 aliphatic carbocycles. The molecule has 0 spiro atoms. The molecule has 0 atom stereocenters. The summed E-state index contributed by atoms with van der Waals surface area (Å²) in [5, 5.41) is 0. The highest BCUT2D eigenvalue weighted by Crippen LogP contribution is 2.45. The van der Waals surface area contributed by atoms with Crippen molar-refractivity contribution in [3.05, 3.63) is 108 Å². The van der Waals surface area contributed by atoms with E-state index in [9.17, 15) is 0 Å². The molecule has 30 heavy (non-hydrogen) atoms. The Morgan fingerprint density at radius 3 is 1.00 bits per heavy atom. The quantitative estimate of drug-likeness (QED) is 0.303. The van der Waals surface area contributed by atoms with E-state index in [1.165, 1.54) is 16.7 Å². The van der Waals surface area contributed by atoms with E-state index in [0.29, 0.717) is 0 Å². The van der Waals surface area contributed by atoms with Crippen LogP contribution in [-0.4, -0.2) is 42.1 Å². The third kappa shape index (κ3) is 4.08. The van der Waals surface area contributed by atoms with Crippen molar-refractivity contribution in [2.45, 2.75) is 39.3 Å². The molecule has 0 aliphatic rings. The van der Waals surface area contributed by atoms with Crippen molar-refractivity contribution in [2.75, 3.05) is 26.2 Å². The summed E-state index contributed by atoms with van der Waals surface area (Å²) in [5.41, 5.74) is 3.71. The van der Waals surface area contributed by atoms with Gasteiger partial charge in [-0.15, -0.1) is 0 Å². The minimum absolute atomic E-state index is 0.203. The largest absolute Gasteiger partial charge is 0.287 e. The van der Waals surface area contributed by atoms with E-state index in [1.807, 2.05) is 0 Å². The first-order valence-corrected chi connectivity index (χ1v) is 11.4. The number of rotatable bonds is 10. The molecule has 3 aromatic rings. The summed E-state index contributed by atoms with van der Waals surface area (Å²) in [6, 6.07) is 33.3. The van der Waals surface area contributed by atoms with Gasteiger partial charge in [-0.25, -0.2) is 0 Å². The van der Waals surface area contributed by atoms with Gasteiger partial charge in [0.05, 0.1) is 11.6 Å². The molecule has 3 rings (SSSR count). The maximum atomic E-state index is 2.62. The normalized spacial score (nSPS) is 12.1. The Morgan fingerprint density at radius 1 is 0.500 bits per heavy atom. The van der Waals surface area contributed by atoms with Crippen LogP contribution in [0.15, 0.2) is 91.0 Å². The van der Waals surface area contributed by atoms with Gasteiger partial charge in [-0.1, -0.05) is 119 Å². The van der Waals surface area contributed by atoms with Gasteiger partial charge >= 0.3 is 0 Å². The van der Waals surface area contributed by atoms with Gasteiger partial charge in [-0.3, -0.25) is 9.80 Å². The van der Waals surface area contributed by atoms with E-state index in [-0.39, 0.29) is 11.6 Å². The molecular formula is C28H36N2. The first kappa shape index (κ1) is 22.3. The molecule has 0 aromatic heterocycles. The fourth-order valence-electron chi connectivity index (χ4n) is 4.97. The zero-order chi connectivity index (χ0) is 21.4. The summed E-state index contributed by atoms with van der Waals surface area (Å²) in [5.74, 6) is 0. The van der Waals surface area contributed by atoms with Gasteiger partial charge in [-0.05, 0) is 42.9 Å². The first-order chi connectivity index (χ1) is 14.7. The predicted octanol–water partition coefficient (Wildman–Crippen LogP) is 6.03. The summed E-state index contributed by atoms with van der Waals surface area (Å²) >= 11 is 0. The minimum Gasteiger partial charge on any atom is -0.287 e. The Morgan fingerprint density at radius 2 is 0.767 bits per heavy atom. The molecule has 0 fully saturated rings. The molecule has 0 aliphatic heterocycles. The van der Waals surface area contributed by atoms with Crippen molar-refractivity contribution in [1.82, 2.24) is 9.80 Å². The van der Waals surface area contributed by atoms with Crippen LogP contribution in [0.5, 0.6) is 0 Å². The second-order valence-electron chi connectivity index (χ2n) is 7.72. The average molecular weight is 401 g/mol. The standard InChI is InChI=1S/C28H36N2/c1-5-29(6-2)27(30(7-3)8-4)28(24-18-12-9-13-19-24,25-20-14-10-15-21-25)26-22-16-11-17-23-26/h9-23,27H,5-8H2,1-4H3. The Balaban J connectivity index is 2.45. The molecule has 0 N–H and O–H groups in total. The van der Waals surface area contributed by atoms with Crippen LogP contribution in [0.25, 0.3) is 0 Å². The van der Waals surface area contributed by atoms with Gasteiger partial charge in [0, 0.05) is 0 Å². The molecule has 3 aromatic carbocycles. The molecule has 2 nitrogen and oxygen atoms in total.